The lowest BCUT2D eigenvalue weighted by atomic mass is 10.1. The first kappa shape index (κ1) is 16.6. The van der Waals surface area contributed by atoms with E-state index in [0.717, 1.165) is 5.82 Å². The third-order valence-electron chi connectivity index (χ3n) is 2.72. The quantitative estimate of drug-likeness (QED) is 0.525. The molecule has 4 N–H and O–H groups in total. The van der Waals surface area contributed by atoms with Crippen LogP contribution in [0, 0.1) is 12.8 Å². The third kappa shape index (κ3) is 5.26. The summed E-state index contributed by atoms with van der Waals surface area (Å²) in [5.41, 5.74) is -0.626. The molecule has 8 nitrogen and oxygen atoms in total. The van der Waals surface area contributed by atoms with E-state index in [2.05, 4.69) is 4.98 Å². The summed E-state index contributed by atoms with van der Waals surface area (Å²) in [5.74, 6) is 0.246. The minimum Gasteiger partial charge on any atom is -0.396 e. The van der Waals surface area contributed by atoms with E-state index in [0.29, 0.717) is 12.0 Å². The van der Waals surface area contributed by atoms with Crippen LogP contribution in [0.4, 0.5) is 0 Å². The molecule has 0 fully saturated rings. The highest BCUT2D eigenvalue weighted by Crippen LogP contribution is 2.36. The fraction of sp³-hybridized carbons (Fsp3) is 0.455. The molecule has 0 aliphatic rings. The molecule has 0 aliphatic heterocycles. The summed E-state index contributed by atoms with van der Waals surface area (Å²) in [7, 11) is -4.26. The normalized spacial score (nSPS) is 13.8. The highest BCUT2D eigenvalue weighted by molar-refractivity contribution is 7.55. The van der Waals surface area contributed by atoms with Crippen LogP contribution < -0.4 is 11.2 Å². The molecule has 20 heavy (non-hydrogen) atoms. The first-order valence-corrected chi connectivity index (χ1v) is 7.57. The summed E-state index contributed by atoms with van der Waals surface area (Å²) in [5, 5.41) is 9.12. The molecule has 1 aromatic heterocycles. The van der Waals surface area contributed by atoms with Crippen LogP contribution in [0.25, 0.3) is 0 Å². The monoisotopic (exact) mass is 304 g/mol. The Labute approximate surface area is 114 Å². The van der Waals surface area contributed by atoms with Gasteiger partial charge in [-0.05, 0) is 13.3 Å². The van der Waals surface area contributed by atoms with Gasteiger partial charge in [0.25, 0.3) is 5.56 Å². The molecule has 1 heterocycles. The fourth-order valence-electron chi connectivity index (χ4n) is 1.57. The molecule has 1 atom stereocenters. The molecular formula is C11H17N2O6P. The highest BCUT2D eigenvalue weighted by Gasteiger charge is 2.10. The van der Waals surface area contributed by atoms with Gasteiger partial charge in [-0.15, -0.1) is 0 Å². The van der Waals surface area contributed by atoms with Crippen molar-refractivity contribution in [2.75, 3.05) is 6.61 Å². The van der Waals surface area contributed by atoms with Crippen LogP contribution in [-0.4, -0.2) is 31.1 Å². The first-order valence-electron chi connectivity index (χ1n) is 5.89. The van der Waals surface area contributed by atoms with Gasteiger partial charge in [0.05, 0.1) is 0 Å². The number of hydrogen-bond donors (Lipinski definition) is 4. The molecule has 1 aromatic rings. The Bertz CT molecular complexity index is 641. The maximum absolute atomic E-state index is 11.5. The number of aryl methyl sites for hydroxylation is 2. The average molecular weight is 304 g/mol. The van der Waals surface area contributed by atoms with E-state index >= 15 is 0 Å². The molecule has 0 bridgehead atoms. The number of H-pyrrole nitrogens is 1. The van der Waals surface area contributed by atoms with Crippen molar-refractivity contribution in [3.8, 4) is 0 Å². The first-order chi connectivity index (χ1) is 9.23. The van der Waals surface area contributed by atoms with Gasteiger partial charge in [0.15, 0.2) is 0 Å². The average Bonchev–Trinajstić information content (AvgIpc) is 2.34. The maximum Gasteiger partial charge on any atom is 0.348 e. The lowest BCUT2D eigenvalue weighted by molar-refractivity contribution is 0.241. The summed E-state index contributed by atoms with van der Waals surface area (Å²) < 4.78 is 12.0. The van der Waals surface area contributed by atoms with Crippen LogP contribution in [0.2, 0.25) is 0 Å². The molecule has 0 aromatic carbocycles. The second kappa shape index (κ2) is 6.81. The zero-order valence-corrected chi connectivity index (χ0v) is 11.8. The van der Waals surface area contributed by atoms with Gasteiger partial charge in [0, 0.05) is 36.6 Å². The minimum atomic E-state index is -4.26. The molecular weight excluding hydrogens is 287 g/mol. The predicted octanol–water partition coefficient (Wildman–Crippen LogP) is -0.465. The van der Waals surface area contributed by atoms with Crippen molar-refractivity contribution in [1.29, 1.82) is 0 Å². The minimum absolute atomic E-state index is 0.215. The Morgan fingerprint density at radius 3 is 2.65 bits per heavy atom. The molecule has 0 saturated heterocycles. The zero-order chi connectivity index (χ0) is 15.3. The van der Waals surface area contributed by atoms with E-state index in [1.807, 2.05) is 0 Å². The molecule has 0 amide bonds. The van der Waals surface area contributed by atoms with E-state index in [9.17, 15) is 14.2 Å². The Hall–Kier alpha value is -1.47. The van der Waals surface area contributed by atoms with E-state index in [1.165, 1.54) is 16.8 Å². The smallest absolute Gasteiger partial charge is 0.348 e. The lowest BCUT2D eigenvalue weighted by Gasteiger charge is -2.11. The van der Waals surface area contributed by atoms with Crippen LogP contribution >= 0.6 is 7.60 Å². The SMILES string of the molecule is Cc1cn(CCC(C=CP(=O)(O)O)CO)c(=O)[nH]c1=O. The second-order valence-electron chi connectivity index (χ2n) is 4.43. The van der Waals surface area contributed by atoms with E-state index < -0.39 is 24.8 Å². The van der Waals surface area contributed by atoms with Gasteiger partial charge >= 0.3 is 13.3 Å². The van der Waals surface area contributed by atoms with Crippen molar-refractivity contribution < 1.29 is 19.5 Å². The van der Waals surface area contributed by atoms with Gasteiger partial charge in [-0.25, -0.2) is 4.79 Å². The zero-order valence-electron chi connectivity index (χ0n) is 10.9. The van der Waals surface area contributed by atoms with Gasteiger partial charge in [-0.3, -0.25) is 14.3 Å². The molecule has 112 valence electrons. The van der Waals surface area contributed by atoms with Crippen molar-refractivity contribution in [2.24, 2.45) is 5.92 Å². The molecule has 1 rings (SSSR count). The van der Waals surface area contributed by atoms with Crippen molar-refractivity contribution in [2.45, 2.75) is 19.9 Å². The largest absolute Gasteiger partial charge is 0.396 e. The topological polar surface area (TPSA) is 133 Å². The number of aromatic nitrogens is 2. The number of aromatic amines is 1. The molecule has 0 aliphatic carbocycles. The van der Waals surface area contributed by atoms with Gasteiger partial charge in [-0.2, -0.15) is 0 Å². The van der Waals surface area contributed by atoms with Crippen LogP contribution in [-0.2, 0) is 11.1 Å². The summed E-state index contributed by atoms with van der Waals surface area (Å²) in [6.07, 6.45) is 2.94. The summed E-state index contributed by atoms with van der Waals surface area (Å²) in [4.78, 5) is 42.3. The van der Waals surface area contributed by atoms with Crippen LogP contribution in [0.5, 0.6) is 0 Å². The van der Waals surface area contributed by atoms with Crippen molar-refractivity contribution in [1.82, 2.24) is 9.55 Å². The molecule has 0 spiro atoms. The fourth-order valence-corrected chi connectivity index (χ4v) is 2.04. The number of hydrogen-bond acceptors (Lipinski definition) is 4. The Balaban J connectivity index is 2.77. The van der Waals surface area contributed by atoms with Gasteiger partial charge in [0.2, 0.25) is 0 Å². The van der Waals surface area contributed by atoms with Gasteiger partial charge in [0.1, 0.15) is 0 Å². The Morgan fingerprint density at radius 1 is 1.45 bits per heavy atom. The molecule has 1 unspecified atom stereocenters. The van der Waals surface area contributed by atoms with Crippen LogP contribution in [0.1, 0.15) is 12.0 Å². The highest BCUT2D eigenvalue weighted by atomic mass is 31.2. The lowest BCUT2D eigenvalue weighted by Crippen LogP contribution is -2.31. The number of nitrogens with one attached hydrogen (secondary N) is 1. The van der Waals surface area contributed by atoms with Crippen LogP contribution in [0.15, 0.2) is 27.7 Å². The predicted molar refractivity (Wildman–Crippen MR) is 72.4 cm³/mol. The van der Waals surface area contributed by atoms with Gasteiger partial charge < -0.3 is 19.5 Å². The van der Waals surface area contributed by atoms with Crippen LogP contribution in [0.3, 0.4) is 0 Å². The summed E-state index contributed by atoms with van der Waals surface area (Å²) >= 11 is 0. The summed E-state index contributed by atoms with van der Waals surface area (Å²) in [6, 6.07) is 0. The number of nitrogens with zero attached hydrogens (tertiary/aromatic N) is 1. The third-order valence-corrected chi connectivity index (χ3v) is 3.28. The maximum atomic E-state index is 11.5. The Kier molecular flexibility index (Phi) is 5.64. The molecule has 0 radical (unpaired) electrons. The van der Waals surface area contributed by atoms with Crippen molar-refractivity contribution >= 4 is 7.60 Å². The standard InChI is InChI=1S/C11H17N2O6P/c1-8-6-13(11(16)12-10(8)15)4-2-9(7-14)3-5-20(17,18)19/h3,5-6,9,14H,2,4,7H2,1H3,(H,12,15,16)(H2,17,18,19). The second-order valence-corrected chi connectivity index (χ2v) is 5.90. The number of aliphatic hydroxyl groups is 1. The van der Waals surface area contributed by atoms with E-state index in [-0.39, 0.29) is 13.2 Å². The summed E-state index contributed by atoms with van der Waals surface area (Å²) in [6.45, 7) is 1.48. The molecule has 9 heteroatoms. The van der Waals surface area contributed by atoms with E-state index in [4.69, 9.17) is 14.9 Å². The molecule has 0 saturated carbocycles. The van der Waals surface area contributed by atoms with Gasteiger partial charge in [-0.1, -0.05) is 6.08 Å². The Morgan fingerprint density at radius 2 is 2.10 bits per heavy atom. The number of rotatable bonds is 6. The van der Waals surface area contributed by atoms with Crippen molar-refractivity contribution in [3.05, 3.63) is 44.5 Å². The van der Waals surface area contributed by atoms with E-state index in [1.54, 1.807) is 6.92 Å². The number of aliphatic hydroxyl groups excluding tert-OH is 1. The van der Waals surface area contributed by atoms with Crippen molar-refractivity contribution in [3.63, 3.8) is 0 Å².